The minimum Gasteiger partial charge on any atom is -0.496 e. The van der Waals surface area contributed by atoms with Gasteiger partial charge in [0.25, 0.3) is 0 Å². The molecule has 0 saturated carbocycles. The predicted molar refractivity (Wildman–Crippen MR) is 57.9 cm³/mol. The summed E-state index contributed by atoms with van der Waals surface area (Å²) in [6.07, 6.45) is 0.957. The monoisotopic (exact) mass is 194 g/mol. The number of ether oxygens (including phenoxy) is 1. The van der Waals surface area contributed by atoms with Crippen molar-refractivity contribution in [3.05, 3.63) is 23.0 Å². The smallest absolute Gasteiger partial charge is 0.125 e. The zero-order valence-corrected chi connectivity index (χ0v) is 9.35. The number of hydrogen-bond donors (Lipinski definition) is 1. The Labute approximate surface area is 85.5 Å². The average molecular weight is 194 g/mol. The van der Waals surface area contributed by atoms with Gasteiger partial charge in [-0.05, 0) is 33.9 Å². The summed E-state index contributed by atoms with van der Waals surface area (Å²) in [5, 5.41) is 3.13. The Balaban J connectivity index is 2.99. The number of methoxy groups -OCH3 is 1. The summed E-state index contributed by atoms with van der Waals surface area (Å²) >= 11 is 0. The summed E-state index contributed by atoms with van der Waals surface area (Å²) in [5.74, 6) is 0.949. The van der Waals surface area contributed by atoms with Crippen molar-refractivity contribution in [1.29, 1.82) is 0 Å². The third-order valence-corrected chi connectivity index (χ3v) is 2.26. The van der Waals surface area contributed by atoms with Crippen LogP contribution in [-0.2, 0) is 6.42 Å². The summed E-state index contributed by atoms with van der Waals surface area (Å²) < 4.78 is 5.34. The number of aromatic nitrogens is 1. The fourth-order valence-corrected chi connectivity index (χ4v) is 1.56. The lowest BCUT2D eigenvalue weighted by Gasteiger charge is -2.11. The van der Waals surface area contributed by atoms with Gasteiger partial charge in [-0.3, -0.25) is 4.98 Å². The molecule has 0 aliphatic carbocycles. The molecule has 78 valence electrons. The molecule has 3 nitrogen and oxygen atoms in total. The van der Waals surface area contributed by atoms with Crippen molar-refractivity contribution in [3.63, 3.8) is 0 Å². The highest BCUT2D eigenvalue weighted by Crippen LogP contribution is 2.21. The molecule has 0 saturated heterocycles. The summed E-state index contributed by atoms with van der Waals surface area (Å²) in [6.45, 7) is 4.96. The van der Waals surface area contributed by atoms with E-state index in [4.69, 9.17) is 4.74 Å². The van der Waals surface area contributed by atoms with Gasteiger partial charge in [0, 0.05) is 23.0 Å². The lowest BCUT2D eigenvalue weighted by Crippen LogP contribution is -2.12. The maximum absolute atomic E-state index is 5.34. The van der Waals surface area contributed by atoms with E-state index in [-0.39, 0.29) is 0 Å². The molecular weight excluding hydrogens is 176 g/mol. The third kappa shape index (κ3) is 2.45. The van der Waals surface area contributed by atoms with E-state index in [1.54, 1.807) is 7.11 Å². The Kier molecular flexibility index (Phi) is 3.89. The highest BCUT2D eigenvalue weighted by atomic mass is 16.5. The highest BCUT2D eigenvalue weighted by molar-refractivity contribution is 5.37. The van der Waals surface area contributed by atoms with Gasteiger partial charge in [-0.2, -0.15) is 0 Å². The molecule has 1 aromatic heterocycles. The van der Waals surface area contributed by atoms with Gasteiger partial charge in [-0.15, -0.1) is 0 Å². The number of aryl methyl sites for hydroxylation is 2. The van der Waals surface area contributed by atoms with Crippen LogP contribution in [0.5, 0.6) is 5.75 Å². The molecule has 1 N–H and O–H groups in total. The number of likely N-dealkylation sites (N-methyl/N-ethyl adjacent to an activating group) is 1. The predicted octanol–water partition coefficient (Wildman–Crippen LogP) is 1.47. The number of rotatable bonds is 4. The molecule has 3 heteroatoms. The molecular formula is C11H18N2O. The van der Waals surface area contributed by atoms with Crippen molar-refractivity contribution in [2.75, 3.05) is 20.7 Å². The summed E-state index contributed by atoms with van der Waals surface area (Å²) in [7, 11) is 3.65. The van der Waals surface area contributed by atoms with Crippen LogP contribution < -0.4 is 10.1 Å². The molecule has 0 atom stereocenters. The van der Waals surface area contributed by atoms with Gasteiger partial charge < -0.3 is 10.1 Å². The van der Waals surface area contributed by atoms with Crippen molar-refractivity contribution < 1.29 is 4.74 Å². The van der Waals surface area contributed by atoms with E-state index in [0.717, 1.165) is 30.1 Å². The second-order valence-corrected chi connectivity index (χ2v) is 3.38. The fourth-order valence-electron chi connectivity index (χ4n) is 1.56. The molecule has 0 fully saturated rings. The first-order valence-electron chi connectivity index (χ1n) is 4.84. The molecule has 1 aromatic rings. The van der Waals surface area contributed by atoms with E-state index >= 15 is 0 Å². The van der Waals surface area contributed by atoms with Crippen molar-refractivity contribution in [1.82, 2.24) is 10.3 Å². The first kappa shape index (κ1) is 11.0. The Morgan fingerprint density at radius 3 is 2.71 bits per heavy atom. The highest BCUT2D eigenvalue weighted by Gasteiger charge is 2.07. The standard InChI is InChI=1S/C11H18N2O/c1-8-7-11(14-4)10(5-6-12-3)9(2)13-8/h7,12H,5-6H2,1-4H3. The molecule has 0 aliphatic rings. The van der Waals surface area contributed by atoms with Crippen molar-refractivity contribution in [2.24, 2.45) is 0 Å². The van der Waals surface area contributed by atoms with E-state index < -0.39 is 0 Å². The third-order valence-electron chi connectivity index (χ3n) is 2.26. The van der Waals surface area contributed by atoms with Gasteiger partial charge in [-0.1, -0.05) is 0 Å². The Morgan fingerprint density at radius 2 is 2.14 bits per heavy atom. The Morgan fingerprint density at radius 1 is 1.43 bits per heavy atom. The summed E-state index contributed by atoms with van der Waals surface area (Å²) in [5.41, 5.74) is 3.28. The Hall–Kier alpha value is -1.09. The van der Waals surface area contributed by atoms with E-state index in [9.17, 15) is 0 Å². The molecule has 0 unspecified atom stereocenters. The fraction of sp³-hybridized carbons (Fsp3) is 0.545. The van der Waals surface area contributed by atoms with Crippen LogP contribution in [0.3, 0.4) is 0 Å². The second kappa shape index (κ2) is 4.96. The first-order chi connectivity index (χ1) is 6.69. The molecule has 0 radical (unpaired) electrons. The zero-order valence-electron chi connectivity index (χ0n) is 9.35. The topological polar surface area (TPSA) is 34.1 Å². The second-order valence-electron chi connectivity index (χ2n) is 3.38. The lowest BCUT2D eigenvalue weighted by molar-refractivity contribution is 0.407. The quantitative estimate of drug-likeness (QED) is 0.788. The van der Waals surface area contributed by atoms with E-state index in [1.165, 1.54) is 5.56 Å². The van der Waals surface area contributed by atoms with Gasteiger partial charge >= 0.3 is 0 Å². The first-order valence-corrected chi connectivity index (χ1v) is 4.84. The Bertz CT molecular complexity index is 310. The van der Waals surface area contributed by atoms with Crippen LogP contribution in [0.25, 0.3) is 0 Å². The van der Waals surface area contributed by atoms with Gasteiger partial charge in [0.1, 0.15) is 5.75 Å². The minimum absolute atomic E-state index is 0.946. The average Bonchev–Trinajstić information content (AvgIpc) is 2.15. The number of hydrogen-bond acceptors (Lipinski definition) is 3. The van der Waals surface area contributed by atoms with E-state index in [0.29, 0.717) is 0 Å². The molecule has 14 heavy (non-hydrogen) atoms. The minimum atomic E-state index is 0.946. The maximum Gasteiger partial charge on any atom is 0.125 e. The largest absolute Gasteiger partial charge is 0.496 e. The van der Waals surface area contributed by atoms with Crippen LogP contribution in [0.4, 0.5) is 0 Å². The molecule has 0 aromatic carbocycles. The molecule has 0 aliphatic heterocycles. The number of nitrogens with zero attached hydrogens (tertiary/aromatic N) is 1. The van der Waals surface area contributed by atoms with Gasteiger partial charge in [-0.25, -0.2) is 0 Å². The molecule has 0 spiro atoms. The number of nitrogens with one attached hydrogen (secondary N) is 1. The van der Waals surface area contributed by atoms with E-state index in [1.807, 2.05) is 27.0 Å². The van der Waals surface area contributed by atoms with Gasteiger partial charge in [0.2, 0.25) is 0 Å². The van der Waals surface area contributed by atoms with E-state index in [2.05, 4.69) is 10.3 Å². The van der Waals surface area contributed by atoms with Crippen molar-refractivity contribution >= 4 is 0 Å². The maximum atomic E-state index is 5.34. The number of pyridine rings is 1. The summed E-state index contributed by atoms with van der Waals surface area (Å²) in [4.78, 5) is 4.43. The van der Waals surface area contributed by atoms with Crippen LogP contribution in [0.1, 0.15) is 17.0 Å². The van der Waals surface area contributed by atoms with Gasteiger partial charge in [0.05, 0.1) is 7.11 Å². The van der Waals surface area contributed by atoms with Crippen LogP contribution >= 0.6 is 0 Å². The van der Waals surface area contributed by atoms with Crippen LogP contribution in [0.2, 0.25) is 0 Å². The normalized spacial score (nSPS) is 10.3. The lowest BCUT2D eigenvalue weighted by atomic mass is 10.1. The van der Waals surface area contributed by atoms with Crippen molar-refractivity contribution in [3.8, 4) is 5.75 Å². The van der Waals surface area contributed by atoms with Crippen LogP contribution in [-0.4, -0.2) is 25.7 Å². The van der Waals surface area contributed by atoms with Crippen LogP contribution in [0.15, 0.2) is 6.07 Å². The van der Waals surface area contributed by atoms with Crippen LogP contribution in [0, 0.1) is 13.8 Å². The SMILES string of the molecule is CNCCc1c(OC)cc(C)nc1C. The molecule has 1 heterocycles. The summed E-state index contributed by atoms with van der Waals surface area (Å²) in [6, 6.07) is 1.98. The van der Waals surface area contributed by atoms with Gasteiger partial charge in [0.15, 0.2) is 0 Å². The van der Waals surface area contributed by atoms with Crippen molar-refractivity contribution in [2.45, 2.75) is 20.3 Å². The molecule has 0 amide bonds. The molecule has 1 rings (SSSR count). The zero-order chi connectivity index (χ0) is 10.6. The molecule has 0 bridgehead atoms.